The summed E-state index contributed by atoms with van der Waals surface area (Å²) in [5, 5.41) is 0. The summed E-state index contributed by atoms with van der Waals surface area (Å²) in [4.78, 5) is 2.91. The third-order valence-electron chi connectivity index (χ3n) is 4.74. The van der Waals surface area contributed by atoms with Crippen molar-refractivity contribution in [3.05, 3.63) is 29.8 Å². The van der Waals surface area contributed by atoms with Crippen molar-refractivity contribution in [1.82, 2.24) is 9.21 Å². The maximum atomic E-state index is 12.7. The molecule has 1 saturated heterocycles. The van der Waals surface area contributed by atoms with Crippen molar-refractivity contribution in [2.75, 3.05) is 26.2 Å². The fraction of sp³-hybridized carbons (Fsp3) is 0.625. The summed E-state index contributed by atoms with van der Waals surface area (Å²) >= 11 is 0. The predicted octanol–water partition coefficient (Wildman–Crippen LogP) is 2.24. The first-order chi connectivity index (χ1) is 10.1. The quantitative estimate of drug-likeness (QED) is 0.860. The molecule has 0 atom stereocenters. The van der Waals surface area contributed by atoms with E-state index in [2.05, 4.69) is 4.90 Å². The molecule has 4 nitrogen and oxygen atoms in total. The zero-order valence-corrected chi connectivity index (χ0v) is 13.5. The second kappa shape index (κ2) is 6.07. The van der Waals surface area contributed by atoms with Gasteiger partial charge in [0.05, 0.1) is 4.90 Å². The van der Waals surface area contributed by atoms with Crippen LogP contribution < -0.4 is 0 Å². The van der Waals surface area contributed by atoms with Gasteiger partial charge in [-0.1, -0.05) is 25.0 Å². The van der Waals surface area contributed by atoms with Gasteiger partial charge in [0.25, 0.3) is 0 Å². The van der Waals surface area contributed by atoms with E-state index in [0.29, 0.717) is 24.0 Å². The predicted molar refractivity (Wildman–Crippen MR) is 83.8 cm³/mol. The van der Waals surface area contributed by atoms with E-state index >= 15 is 0 Å². The van der Waals surface area contributed by atoms with Gasteiger partial charge in [-0.05, 0) is 37.5 Å². The Bertz CT molecular complexity index is 586. The van der Waals surface area contributed by atoms with Gasteiger partial charge in [-0.2, -0.15) is 4.31 Å². The third-order valence-corrected chi connectivity index (χ3v) is 6.64. The number of aryl methyl sites for hydroxylation is 1. The molecular weight excluding hydrogens is 284 g/mol. The number of hydrogen-bond donors (Lipinski definition) is 0. The van der Waals surface area contributed by atoms with Crippen LogP contribution in [0.15, 0.2) is 29.2 Å². The van der Waals surface area contributed by atoms with Crippen molar-refractivity contribution in [2.45, 2.75) is 43.5 Å². The smallest absolute Gasteiger partial charge is 0.243 e. The average molecular weight is 308 g/mol. The molecule has 2 fully saturated rings. The van der Waals surface area contributed by atoms with Crippen molar-refractivity contribution in [3.63, 3.8) is 0 Å². The first-order valence-corrected chi connectivity index (χ1v) is 9.32. The minimum absolute atomic E-state index is 0.428. The van der Waals surface area contributed by atoms with Gasteiger partial charge in [0.1, 0.15) is 0 Å². The molecule has 0 radical (unpaired) electrons. The molecular formula is C16H24N2O2S. The van der Waals surface area contributed by atoms with Crippen LogP contribution in [0.25, 0.3) is 0 Å². The third kappa shape index (κ3) is 3.15. The van der Waals surface area contributed by atoms with Crippen LogP contribution in [-0.4, -0.2) is 49.8 Å². The highest BCUT2D eigenvalue weighted by Gasteiger charge is 2.31. The molecule has 116 valence electrons. The lowest BCUT2D eigenvalue weighted by molar-refractivity contribution is 0.139. The van der Waals surface area contributed by atoms with E-state index in [1.165, 1.54) is 25.7 Å². The summed E-state index contributed by atoms with van der Waals surface area (Å²) < 4.78 is 27.0. The van der Waals surface area contributed by atoms with Gasteiger partial charge in [0.2, 0.25) is 10.0 Å². The van der Waals surface area contributed by atoms with E-state index in [1.54, 1.807) is 16.4 Å². The Morgan fingerprint density at radius 1 is 1.05 bits per heavy atom. The van der Waals surface area contributed by atoms with Gasteiger partial charge in [-0.25, -0.2) is 8.42 Å². The molecule has 0 bridgehead atoms. The highest BCUT2D eigenvalue weighted by Crippen LogP contribution is 2.26. The van der Waals surface area contributed by atoms with Crippen molar-refractivity contribution in [3.8, 4) is 0 Å². The summed E-state index contributed by atoms with van der Waals surface area (Å²) in [6.07, 6.45) is 5.22. The topological polar surface area (TPSA) is 40.6 Å². The number of benzene rings is 1. The molecule has 1 aromatic carbocycles. The van der Waals surface area contributed by atoms with Crippen LogP contribution in [0.5, 0.6) is 0 Å². The molecule has 3 rings (SSSR count). The number of sulfonamides is 1. The molecule has 1 heterocycles. The Hall–Kier alpha value is -0.910. The first-order valence-electron chi connectivity index (χ1n) is 7.88. The van der Waals surface area contributed by atoms with Gasteiger partial charge in [0.15, 0.2) is 0 Å². The van der Waals surface area contributed by atoms with Crippen molar-refractivity contribution < 1.29 is 8.42 Å². The van der Waals surface area contributed by atoms with Crippen LogP contribution in [-0.2, 0) is 10.0 Å². The standard InChI is InChI=1S/C16H24N2O2S/c1-14-5-4-8-16(13-14)21(19,20)18-11-9-17(10-12-18)15-6-2-3-7-15/h4-5,8,13,15H,2-3,6-7,9-12H2,1H3. The molecule has 1 aliphatic heterocycles. The SMILES string of the molecule is Cc1cccc(S(=O)(=O)N2CCN(C3CCCC3)CC2)c1. The highest BCUT2D eigenvalue weighted by molar-refractivity contribution is 7.89. The molecule has 0 N–H and O–H groups in total. The summed E-state index contributed by atoms with van der Waals surface area (Å²) in [6.45, 7) is 4.90. The van der Waals surface area contributed by atoms with Crippen molar-refractivity contribution >= 4 is 10.0 Å². The van der Waals surface area contributed by atoms with E-state index in [-0.39, 0.29) is 0 Å². The Labute approximate surface area is 127 Å². The molecule has 0 amide bonds. The van der Waals surface area contributed by atoms with Gasteiger partial charge in [-0.15, -0.1) is 0 Å². The number of hydrogen-bond acceptors (Lipinski definition) is 3. The lowest BCUT2D eigenvalue weighted by Crippen LogP contribution is -2.51. The number of piperazine rings is 1. The van der Waals surface area contributed by atoms with Crippen LogP contribution in [0.2, 0.25) is 0 Å². The Morgan fingerprint density at radius 3 is 2.33 bits per heavy atom. The average Bonchev–Trinajstić information content (AvgIpc) is 3.02. The Kier molecular flexibility index (Phi) is 4.33. The van der Waals surface area contributed by atoms with Gasteiger partial charge in [0, 0.05) is 32.2 Å². The summed E-state index contributed by atoms with van der Waals surface area (Å²) in [5.41, 5.74) is 0.987. The normalized spacial score (nSPS) is 22.7. The minimum Gasteiger partial charge on any atom is -0.298 e. The summed E-state index contributed by atoms with van der Waals surface area (Å²) in [7, 11) is -3.32. The molecule has 2 aliphatic rings. The molecule has 1 aromatic rings. The summed E-state index contributed by atoms with van der Waals surface area (Å²) in [6, 6.07) is 7.90. The van der Waals surface area contributed by atoms with Crippen LogP contribution in [0.1, 0.15) is 31.2 Å². The molecule has 21 heavy (non-hydrogen) atoms. The van der Waals surface area contributed by atoms with E-state index in [4.69, 9.17) is 0 Å². The maximum Gasteiger partial charge on any atom is 0.243 e. The molecule has 1 aliphatic carbocycles. The highest BCUT2D eigenvalue weighted by atomic mass is 32.2. The van der Waals surface area contributed by atoms with E-state index in [0.717, 1.165) is 18.7 Å². The lowest BCUT2D eigenvalue weighted by Gasteiger charge is -2.37. The summed E-state index contributed by atoms with van der Waals surface area (Å²) in [5.74, 6) is 0. The second-order valence-electron chi connectivity index (χ2n) is 6.19. The van der Waals surface area contributed by atoms with Gasteiger partial charge >= 0.3 is 0 Å². The van der Waals surface area contributed by atoms with Crippen LogP contribution in [0.3, 0.4) is 0 Å². The fourth-order valence-electron chi connectivity index (χ4n) is 3.50. The zero-order valence-electron chi connectivity index (χ0n) is 12.7. The second-order valence-corrected chi connectivity index (χ2v) is 8.13. The van der Waals surface area contributed by atoms with E-state index < -0.39 is 10.0 Å². The van der Waals surface area contributed by atoms with E-state index in [9.17, 15) is 8.42 Å². The Morgan fingerprint density at radius 2 is 1.71 bits per heavy atom. The molecule has 1 saturated carbocycles. The van der Waals surface area contributed by atoms with Crippen LogP contribution >= 0.6 is 0 Å². The van der Waals surface area contributed by atoms with Crippen LogP contribution in [0.4, 0.5) is 0 Å². The molecule has 0 aromatic heterocycles. The van der Waals surface area contributed by atoms with Crippen molar-refractivity contribution in [2.24, 2.45) is 0 Å². The lowest BCUT2D eigenvalue weighted by atomic mass is 10.2. The first kappa shape index (κ1) is 15.0. The minimum atomic E-state index is -3.32. The van der Waals surface area contributed by atoms with Gasteiger partial charge < -0.3 is 0 Å². The zero-order chi connectivity index (χ0) is 14.9. The largest absolute Gasteiger partial charge is 0.298 e. The molecule has 0 unspecified atom stereocenters. The Balaban J connectivity index is 1.68. The maximum absolute atomic E-state index is 12.7. The van der Waals surface area contributed by atoms with E-state index in [1.807, 2.05) is 19.1 Å². The molecule has 5 heteroatoms. The monoisotopic (exact) mass is 308 g/mol. The number of nitrogens with zero attached hydrogens (tertiary/aromatic N) is 2. The van der Waals surface area contributed by atoms with Gasteiger partial charge in [-0.3, -0.25) is 4.90 Å². The fourth-order valence-corrected chi connectivity index (χ4v) is 5.03. The van der Waals surface area contributed by atoms with Crippen molar-refractivity contribution in [1.29, 1.82) is 0 Å². The van der Waals surface area contributed by atoms with Crippen LogP contribution in [0, 0.1) is 6.92 Å². The molecule has 0 spiro atoms. The number of rotatable bonds is 3.